The second kappa shape index (κ2) is 7.61. The summed E-state index contributed by atoms with van der Waals surface area (Å²) in [6, 6.07) is 25.1. The number of amides is 1. The molecule has 0 bridgehead atoms. The lowest BCUT2D eigenvalue weighted by Crippen LogP contribution is -2.11. The van der Waals surface area contributed by atoms with E-state index in [4.69, 9.17) is 4.42 Å². The van der Waals surface area contributed by atoms with E-state index < -0.39 is 0 Å². The van der Waals surface area contributed by atoms with Crippen LogP contribution in [0.5, 0.6) is 0 Å². The van der Waals surface area contributed by atoms with E-state index in [1.165, 1.54) is 0 Å². The average molecular weight is 410 g/mol. The average Bonchev–Trinajstić information content (AvgIpc) is 3.40. The highest BCUT2D eigenvalue weighted by molar-refractivity contribution is 7.09. The molecule has 0 aliphatic heterocycles. The van der Waals surface area contributed by atoms with Crippen molar-refractivity contribution >= 4 is 33.9 Å². The Balaban J connectivity index is 1.30. The summed E-state index contributed by atoms with van der Waals surface area (Å²) in [5, 5.41) is 7.06. The highest BCUT2D eigenvalue weighted by atomic mass is 32.1. The van der Waals surface area contributed by atoms with Crippen LogP contribution in [-0.2, 0) is 0 Å². The van der Waals surface area contributed by atoms with Gasteiger partial charge in [-0.3, -0.25) is 4.79 Å². The van der Waals surface area contributed by atoms with Gasteiger partial charge in [0.2, 0.25) is 0 Å². The molecule has 1 N–H and O–H groups in total. The van der Waals surface area contributed by atoms with Crippen molar-refractivity contribution in [3.05, 3.63) is 94.8 Å². The summed E-state index contributed by atoms with van der Waals surface area (Å²) >= 11 is 1.61. The second-order valence-corrected chi connectivity index (χ2v) is 8.07. The summed E-state index contributed by atoms with van der Waals surface area (Å²) in [4.78, 5) is 17.1. The first kappa shape index (κ1) is 18.3. The zero-order chi connectivity index (χ0) is 20.5. The van der Waals surface area contributed by atoms with Crippen LogP contribution in [0.15, 0.2) is 88.7 Å². The number of carbonyl (C=O) groups is 1. The van der Waals surface area contributed by atoms with E-state index in [2.05, 4.69) is 10.3 Å². The first-order valence-corrected chi connectivity index (χ1v) is 10.5. The van der Waals surface area contributed by atoms with Gasteiger partial charge in [-0.2, -0.15) is 0 Å². The van der Waals surface area contributed by atoms with E-state index in [0.29, 0.717) is 5.56 Å². The standard InChI is InChI=1S/C25H18N2O2S/c1-16-26-22(15-30-16)17-6-8-19(9-7-17)25(28)27-21-12-10-18(11-13-21)24-14-20-4-2-3-5-23(20)29-24/h2-15H,1H3,(H,27,28). The summed E-state index contributed by atoms with van der Waals surface area (Å²) in [6.45, 7) is 1.98. The molecule has 2 heterocycles. The topological polar surface area (TPSA) is 55.1 Å². The van der Waals surface area contributed by atoms with Crippen molar-refractivity contribution in [1.29, 1.82) is 0 Å². The van der Waals surface area contributed by atoms with E-state index in [-0.39, 0.29) is 5.91 Å². The molecule has 0 saturated heterocycles. The Labute approximate surface area is 177 Å². The van der Waals surface area contributed by atoms with Crippen molar-refractivity contribution in [3.63, 3.8) is 0 Å². The number of nitrogens with one attached hydrogen (secondary N) is 1. The van der Waals surface area contributed by atoms with E-state index in [0.717, 1.165) is 44.2 Å². The third kappa shape index (κ3) is 3.63. The molecule has 0 spiro atoms. The van der Waals surface area contributed by atoms with E-state index in [9.17, 15) is 4.79 Å². The zero-order valence-electron chi connectivity index (χ0n) is 16.3. The fourth-order valence-corrected chi connectivity index (χ4v) is 3.96. The zero-order valence-corrected chi connectivity index (χ0v) is 17.1. The number of hydrogen-bond acceptors (Lipinski definition) is 4. The molecule has 0 fully saturated rings. The predicted octanol–water partition coefficient (Wildman–Crippen LogP) is 6.78. The molecule has 146 valence electrons. The van der Waals surface area contributed by atoms with Gasteiger partial charge in [-0.1, -0.05) is 30.3 Å². The SMILES string of the molecule is Cc1nc(-c2ccc(C(=O)Nc3ccc(-c4cc5ccccc5o4)cc3)cc2)cs1. The lowest BCUT2D eigenvalue weighted by atomic mass is 10.1. The molecular weight excluding hydrogens is 392 g/mol. The number of nitrogens with zero attached hydrogens (tertiary/aromatic N) is 1. The number of furan rings is 1. The molecule has 0 saturated carbocycles. The van der Waals surface area contributed by atoms with Crippen LogP contribution < -0.4 is 5.32 Å². The van der Waals surface area contributed by atoms with Crippen LogP contribution >= 0.6 is 11.3 Å². The summed E-state index contributed by atoms with van der Waals surface area (Å²) in [6.07, 6.45) is 0. The number of aryl methyl sites for hydroxylation is 1. The largest absolute Gasteiger partial charge is 0.456 e. The van der Waals surface area contributed by atoms with Gasteiger partial charge in [0.15, 0.2) is 0 Å². The number of carbonyl (C=O) groups excluding carboxylic acids is 1. The molecule has 2 aromatic heterocycles. The molecule has 0 aliphatic carbocycles. The van der Waals surface area contributed by atoms with Crippen molar-refractivity contribution < 1.29 is 9.21 Å². The quantitative estimate of drug-likeness (QED) is 0.355. The number of aromatic nitrogens is 1. The van der Waals surface area contributed by atoms with Gasteiger partial charge in [0, 0.05) is 33.1 Å². The minimum Gasteiger partial charge on any atom is -0.456 e. The molecule has 0 radical (unpaired) electrons. The molecule has 5 heteroatoms. The molecule has 1 amide bonds. The summed E-state index contributed by atoms with van der Waals surface area (Å²) in [5.41, 5.74) is 5.11. The van der Waals surface area contributed by atoms with Crippen molar-refractivity contribution in [2.45, 2.75) is 6.92 Å². The van der Waals surface area contributed by atoms with Crippen LogP contribution in [0.3, 0.4) is 0 Å². The highest BCUT2D eigenvalue weighted by Crippen LogP contribution is 2.28. The molecule has 5 aromatic rings. The Morgan fingerprint density at radius 2 is 1.67 bits per heavy atom. The van der Waals surface area contributed by atoms with Gasteiger partial charge in [-0.05, 0) is 55.5 Å². The highest BCUT2D eigenvalue weighted by Gasteiger charge is 2.09. The van der Waals surface area contributed by atoms with E-state index >= 15 is 0 Å². The van der Waals surface area contributed by atoms with Crippen LogP contribution in [0.4, 0.5) is 5.69 Å². The van der Waals surface area contributed by atoms with Gasteiger partial charge < -0.3 is 9.73 Å². The molecule has 0 aliphatic rings. The number of para-hydroxylation sites is 1. The van der Waals surface area contributed by atoms with Crippen molar-refractivity contribution in [2.75, 3.05) is 5.32 Å². The molecular formula is C25H18N2O2S. The summed E-state index contributed by atoms with van der Waals surface area (Å²) < 4.78 is 5.90. The first-order chi connectivity index (χ1) is 14.7. The Kier molecular flexibility index (Phi) is 4.65. The maximum absolute atomic E-state index is 12.6. The molecule has 3 aromatic carbocycles. The minimum absolute atomic E-state index is 0.146. The number of rotatable bonds is 4. The van der Waals surface area contributed by atoms with Gasteiger partial charge >= 0.3 is 0 Å². The Hall–Kier alpha value is -3.70. The van der Waals surface area contributed by atoms with Crippen molar-refractivity contribution in [2.24, 2.45) is 0 Å². The normalized spacial score (nSPS) is 11.0. The Morgan fingerprint density at radius 3 is 2.37 bits per heavy atom. The third-order valence-electron chi connectivity index (χ3n) is 4.91. The lowest BCUT2D eigenvalue weighted by molar-refractivity contribution is 0.102. The molecule has 30 heavy (non-hydrogen) atoms. The van der Waals surface area contributed by atoms with Crippen LogP contribution in [0.25, 0.3) is 33.6 Å². The number of benzene rings is 3. The van der Waals surface area contributed by atoms with Crippen molar-refractivity contribution in [1.82, 2.24) is 4.98 Å². The van der Waals surface area contributed by atoms with Crippen LogP contribution in [0.1, 0.15) is 15.4 Å². The Bertz CT molecular complexity index is 1300. The van der Waals surface area contributed by atoms with Crippen LogP contribution in [0.2, 0.25) is 0 Å². The summed E-state index contributed by atoms with van der Waals surface area (Å²) in [5.74, 6) is 0.662. The molecule has 4 nitrogen and oxygen atoms in total. The fourth-order valence-electron chi connectivity index (χ4n) is 3.33. The maximum atomic E-state index is 12.6. The molecule has 0 atom stereocenters. The van der Waals surface area contributed by atoms with Crippen molar-refractivity contribution in [3.8, 4) is 22.6 Å². The third-order valence-corrected chi connectivity index (χ3v) is 5.69. The van der Waals surface area contributed by atoms with E-state index in [1.54, 1.807) is 11.3 Å². The lowest BCUT2D eigenvalue weighted by Gasteiger charge is -2.07. The van der Waals surface area contributed by atoms with Gasteiger partial charge in [-0.25, -0.2) is 4.98 Å². The minimum atomic E-state index is -0.146. The predicted molar refractivity (Wildman–Crippen MR) is 122 cm³/mol. The number of fused-ring (bicyclic) bond motifs is 1. The maximum Gasteiger partial charge on any atom is 0.255 e. The summed E-state index contributed by atoms with van der Waals surface area (Å²) in [7, 11) is 0. The van der Waals surface area contributed by atoms with Gasteiger partial charge in [0.25, 0.3) is 5.91 Å². The van der Waals surface area contributed by atoms with Crippen LogP contribution in [0, 0.1) is 6.92 Å². The number of hydrogen-bond donors (Lipinski definition) is 1. The molecule has 0 unspecified atom stereocenters. The van der Waals surface area contributed by atoms with Crippen LogP contribution in [-0.4, -0.2) is 10.9 Å². The smallest absolute Gasteiger partial charge is 0.255 e. The monoisotopic (exact) mass is 410 g/mol. The van der Waals surface area contributed by atoms with Gasteiger partial charge in [-0.15, -0.1) is 11.3 Å². The van der Waals surface area contributed by atoms with Gasteiger partial charge in [0.1, 0.15) is 11.3 Å². The Morgan fingerprint density at radius 1 is 0.933 bits per heavy atom. The number of thiazole rings is 1. The number of anilines is 1. The second-order valence-electron chi connectivity index (χ2n) is 7.01. The molecule has 5 rings (SSSR count). The fraction of sp³-hybridized carbons (Fsp3) is 0.0400. The first-order valence-electron chi connectivity index (χ1n) is 9.59. The van der Waals surface area contributed by atoms with E-state index in [1.807, 2.05) is 91.2 Å². The van der Waals surface area contributed by atoms with Gasteiger partial charge in [0.05, 0.1) is 10.7 Å².